The summed E-state index contributed by atoms with van der Waals surface area (Å²) in [5.74, 6) is 0. The van der Waals surface area contributed by atoms with Gasteiger partial charge in [-0.2, -0.15) is 0 Å². The summed E-state index contributed by atoms with van der Waals surface area (Å²) in [5, 5.41) is 0. The highest BCUT2D eigenvalue weighted by atomic mass is 16.5. The Labute approximate surface area is 62.5 Å². The first-order valence-corrected chi connectivity index (χ1v) is 3.99. The SMILES string of the molecule is COC(C)C1CCCCO1. The van der Waals surface area contributed by atoms with Gasteiger partial charge in [-0.15, -0.1) is 0 Å². The van der Waals surface area contributed by atoms with Crippen molar-refractivity contribution in [1.29, 1.82) is 0 Å². The monoisotopic (exact) mass is 144 g/mol. The van der Waals surface area contributed by atoms with E-state index in [9.17, 15) is 0 Å². The molecule has 60 valence electrons. The molecule has 0 spiro atoms. The molecule has 2 nitrogen and oxygen atoms in total. The molecule has 1 aliphatic heterocycles. The Morgan fingerprint density at radius 3 is 2.80 bits per heavy atom. The molecule has 1 rings (SSSR count). The Kier molecular flexibility index (Phi) is 3.16. The van der Waals surface area contributed by atoms with Crippen molar-refractivity contribution in [2.24, 2.45) is 0 Å². The quantitative estimate of drug-likeness (QED) is 0.586. The fourth-order valence-corrected chi connectivity index (χ4v) is 1.29. The highest BCUT2D eigenvalue weighted by Crippen LogP contribution is 2.16. The molecular weight excluding hydrogens is 128 g/mol. The first-order valence-electron chi connectivity index (χ1n) is 3.99. The second-order valence-electron chi connectivity index (χ2n) is 2.85. The van der Waals surface area contributed by atoms with Gasteiger partial charge in [-0.1, -0.05) is 0 Å². The zero-order chi connectivity index (χ0) is 7.40. The van der Waals surface area contributed by atoms with Crippen molar-refractivity contribution in [3.8, 4) is 0 Å². The minimum absolute atomic E-state index is 0.264. The molecule has 0 bridgehead atoms. The van der Waals surface area contributed by atoms with Gasteiger partial charge < -0.3 is 9.47 Å². The Morgan fingerprint density at radius 1 is 1.50 bits per heavy atom. The lowest BCUT2D eigenvalue weighted by Crippen LogP contribution is -2.31. The van der Waals surface area contributed by atoms with Crippen molar-refractivity contribution in [2.45, 2.75) is 38.4 Å². The van der Waals surface area contributed by atoms with Crippen molar-refractivity contribution in [3.05, 3.63) is 0 Å². The van der Waals surface area contributed by atoms with Crippen molar-refractivity contribution < 1.29 is 9.47 Å². The van der Waals surface area contributed by atoms with Crippen molar-refractivity contribution in [2.75, 3.05) is 13.7 Å². The first kappa shape index (κ1) is 8.02. The molecule has 0 aromatic rings. The number of methoxy groups -OCH3 is 1. The number of hydrogen-bond donors (Lipinski definition) is 0. The normalized spacial score (nSPS) is 30.0. The molecule has 0 aliphatic carbocycles. The van der Waals surface area contributed by atoms with Crippen LogP contribution in [0.25, 0.3) is 0 Å². The van der Waals surface area contributed by atoms with E-state index in [1.165, 1.54) is 12.8 Å². The fraction of sp³-hybridized carbons (Fsp3) is 1.00. The average Bonchev–Trinajstić information content (AvgIpc) is 2.05. The third-order valence-corrected chi connectivity index (χ3v) is 2.11. The minimum atomic E-state index is 0.264. The summed E-state index contributed by atoms with van der Waals surface area (Å²) in [5.41, 5.74) is 0. The molecule has 2 heteroatoms. The highest BCUT2D eigenvalue weighted by molar-refractivity contribution is 4.69. The first-order chi connectivity index (χ1) is 4.84. The van der Waals surface area contributed by atoms with Gasteiger partial charge in [-0.3, -0.25) is 0 Å². The molecule has 0 amide bonds. The second kappa shape index (κ2) is 3.94. The summed E-state index contributed by atoms with van der Waals surface area (Å²) < 4.78 is 10.7. The number of hydrogen-bond acceptors (Lipinski definition) is 2. The molecule has 0 N–H and O–H groups in total. The maximum absolute atomic E-state index is 5.51. The van der Waals surface area contributed by atoms with Gasteiger partial charge in [0.2, 0.25) is 0 Å². The molecule has 0 aromatic heterocycles. The lowest BCUT2D eigenvalue weighted by atomic mass is 10.1. The van der Waals surface area contributed by atoms with E-state index in [0.717, 1.165) is 13.0 Å². The molecule has 0 radical (unpaired) electrons. The highest BCUT2D eigenvalue weighted by Gasteiger charge is 2.19. The molecule has 2 unspecified atom stereocenters. The lowest BCUT2D eigenvalue weighted by Gasteiger charge is -2.26. The lowest BCUT2D eigenvalue weighted by molar-refractivity contribution is -0.0699. The van der Waals surface area contributed by atoms with Gasteiger partial charge in [0.25, 0.3) is 0 Å². The number of ether oxygens (including phenoxy) is 2. The summed E-state index contributed by atoms with van der Waals surface area (Å²) in [6.45, 7) is 2.98. The van der Waals surface area contributed by atoms with E-state index >= 15 is 0 Å². The van der Waals surface area contributed by atoms with Crippen LogP contribution in [0.1, 0.15) is 26.2 Å². The van der Waals surface area contributed by atoms with Crippen LogP contribution in [0.4, 0.5) is 0 Å². The zero-order valence-electron chi connectivity index (χ0n) is 6.80. The topological polar surface area (TPSA) is 18.5 Å². The second-order valence-corrected chi connectivity index (χ2v) is 2.85. The van der Waals surface area contributed by atoms with Crippen LogP contribution in [0.15, 0.2) is 0 Å². The van der Waals surface area contributed by atoms with Crippen LogP contribution < -0.4 is 0 Å². The van der Waals surface area contributed by atoms with Gasteiger partial charge in [0.1, 0.15) is 0 Å². The van der Waals surface area contributed by atoms with Crippen LogP contribution in [0, 0.1) is 0 Å². The van der Waals surface area contributed by atoms with Gasteiger partial charge in [0.15, 0.2) is 0 Å². The van der Waals surface area contributed by atoms with Crippen LogP contribution in [0.3, 0.4) is 0 Å². The van der Waals surface area contributed by atoms with E-state index in [-0.39, 0.29) is 6.10 Å². The van der Waals surface area contributed by atoms with Gasteiger partial charge in [0, 0.05) is 13.7 Å². The summed E-state index contributed by atoms with van der Waals surface area (Å²) >= 11 is 0. The maximum Gasteiger partial charge on any atom is 0.0833 e. The van der Waals surface area contributed by atoms with Gasteiger partial charge in [0.05, 0.1) is 12.2 Å². The molecular formula is C8H16O2. The maximum atomic E-state index is 5.51. The standard InChI is InChI=1S/C8H16O2/c1-7(9-2)8-5-3-4-6-10-8/h7-8H,3-6H2,1-2H3. The van der Waals surface area contributed by atoms with Crippen LogP contribution in [0.2, 0.25) is 0 Å². The van der Waals surface area contributed by atoms with E-state index in [2.05, 4.69) is 6.92 Å². The fourth-order valence-electron chi connectivity index (χ4n) is 1.29. The van der Waals surface area contributed by atoms with E-state index in [1.807, 2.05) is 0 Å². The predicted molar refractivity (Wildman–Crippen MR) is 40.1 cm³/mol. The Bertz CT molecular complexity index is 87.3. The summed E-state index contributed by atoms with van der Waals surface area (Å²) in [4.78, 5) is 0. The van der Waals surface area contributed by atoms with Gasteiger partial charge in [-0.25, -0.2) is 0 Å². The molecule has 1 fully saturated rings. The summed E-state index contributed by atoms with van der Waals surface area (Å²) in [7, 11) is 1.74. The average molecular weight is 144 g/mol. The molecule has 1 heterocycles. The van der Waals surface area contributed by atoms with E-state index < -0.39 is 0 Å². The van der Waals surface area contributed by atoms with Crippen LogP contribution in [-0.4, -0.2) is 25.9 Å². The molecule has 1 saturated heterocycles. The summed E-state index contributed by atoms with van der Waals surface area (Å²) in [6.07, 6.45) is 4.28. The number of rotatable bonds is 2. The van der Waals surface area contributed by atoms with Crippen LogP contribution >= 0.6 is 0 Å². The van der Waals surface area contributed by atoms with E-state index in [4.69, 9.17) is 9.47 Å². The van der Waals surface area contributed by atoms with Gasteiger partial charge >= 0.3 is 0 Å². The smallest absolute Gasteiger partial charge is 0.0833 e. The third kappa shape index (κ3) is 1.96. The Hall–Kier alpha value is -0.0800. The third-order valence-electron chi connectivity index (χ3n) is 2.11. The minimum Gasteiger partial charge on any atom is -0.379 e. The largest absolute Gasteiger partial charge is 0.379 e. The van der Waals surface area contributed by atoms with Gasteiger partial charge in [-0.05, 0) is 26.2 Å². The van der Waals surface area contributed by atoms with E-state index in [0.29, 0.717) is 6.10 Å². The molecule has 2 atom stereocenters. The molecule has 1 aliphatic rings. The molecule has 0 saturated carbocycles. The predicted octanol–water partition coefficient (Wildman–Crippen LogP) is 1.59. The summed E-state index contributed by atoms with van der Waals surface area (Å²) in [6, 6.07) is 0. The van der Waals surface area contributed by atoms with E-state index in [1.54, 1.807) is 7.11 Å². The zero-order valence-corrected chi connectivity index (χ0v) is 6.80. The van der Waals surface area contributed by atoms with Crippen molar-refractivity contribution in [1.82, 2.24) is 0 Å². The van der Waals surface area contributed by atoms with Crippen LogP contribution in [-0.2, 0) is 9.47 Å². The molecule has 10 heavy (non-hydrogen) atoms. The Morgan fingerprint density at radius 2 is 2.30 bits per heavy atom. The van der Waals surface area contributed by atoms with Crippen LogP contribution in [0.5, 0.6) is 0 Å². The van der Waals surface area contributed by atoms with Crippen molar-refractivity contribution in [3.63, 3.8) is 0 Å². The van der Waals surface area contributed by atoms with Crippen molar-refractivity contribution >= 4 is 0 Å². The Balaban J connectivity index is 2.24. The molecule has 0 aromatic carbocycles.